The number of aryl methyl sites for hydroxylation is 1. The minimum absolute atomic E-state index is 0.0194. The van der Waals surface area contributed by atoms with Crippen molar-refractivity contribution < 1.29 is 9.59 Å². The lowest BCUT2D eigenvalue weighted by atomic mass is 10.1. The number of nitrogens with one attached hydrogen (secondary N) is 2. The molecule has 136 valence electrons. The zero-order valence-corrected chi connectivity index (χ0v) is 15.7. The van der Waals surface area contributed by atoms with Gasteiger partial charge in [0.2, 0.25) is 0 Å². The highest BCUT2D eigenvalue weighted by Gasteiger charge is 2.09. The lowest BCUT2D eigenvalue weighted by molar-refractivity contribution is 0.101. The highest BCUT2D eigenvalue weighted by Crippen LogP contribution is 2.21. The van der Waals surface area contributed by atoms with Crippen LogP contribution in [0.1, 0.15) is 33.2 Å². The van der Waals surface area contributed by atoms with Crippen molar-refractivity contribution in [1.82, 2.24) is 4.98 Å². The third-order valence-electron chi connectivity index (χ3n) is 4.03. The molecule has 1 heterocycles. The summed E-state index contributed by atoms with van der Waals surface area (Å²) in [7, 11) is 0. The summed E-state index contributed by atoms with van der Waals surface area (Å²) in [6.07, 6.45) is 1.51. The van der Waals surface area contributed by atoms with Crippen LogP contribution in [-0.2, 0) is 0 Å². The van der Waals surface area contributed by atoms with E-state index < -0.39 is 0 Å². The Kier molecular flexibility index (Phi) is 5.52. The molecule has 0 saturated heterocycles. The van der Waals surface area contributed by atoms with Gasteiger partial charge in [0.1, 0.15) is 5.82 Å². The fraction of sp³-hybridized carbons (Fsp3) is 0.0952. The maximum absolute atomic E-state index is 12.4. The second-order valence-corrected chi connectivity index (χ2v) is 6.54. The topological polar surface area (TPSA) is 71.1 Å². The largest absolute Gasteiger partial charge is 0.340 e. The Labute approximate surface area is 162 Å². The van der Waals surface area contributed by atoms with Gasteiger partial charge in [-0.3, -0.25) is 9.59 Å². The van der Waals surface area contributed by atoms with Gasteiger partial charge in [-0.1, -0.05) is 11.6 Å². The van der Waals surface area contributed by atoms with E-state index >= 15 is 0 Å². The number of carbonyl (C=O) groups excluding carboxylic acids is 2. The Balaban J connectivity index is 1.67. The molecule has 0 atom stereocenters. The molecule has 3 aromatic rings. The minimum Gasteiger partial charge on any atom is -0.340 e. The van der Waals surface area contributed by atoms with Crippen molar-refractivity contribution in [3.63, 3.8) is 0 Å². The number of Topliss-reactive ketones (excluding diaryl/α,β-unsaturated/α-hetero) is 1. The molecule has 2 N–H and O–H groups in total. The molecule has 1 aromatic heterocycles. The normalized spacial score (nSPS) is 10.3. The number of benzene rings is 2. The average Bonchev–Trinajstić information content (AvgIpc) is 2.65. The summed E-state index contributed by atoms with van der Waals surface area (Å²) in [6.45, 7) is 3.41. The Morgan fingerprint density at radius 3 is 2.26 bits per heavy atom. The Bertz CT molecular complexity index is 983. The van der Waals surface area contributed by atoms with Gasteiger partial charge in [-0.15, -0.1) is 0 Å². The SMILES string of the molecule is CC(=O)c1ccc(Nc2ccc(C(=O)Nc3ccc(Cl)cc3C)cn2)cc1. The van der Waals surface area contributed by atoms with Gasteiger partial charge in [0.15, 0.2) is 5.78 Å². The second-order valence-electron chi connectivity index (χ2n) is 6.10. The fourth-order valence-corrected chi connectivity index (χ4v) is 2.73. The lowest BCUT2D eigenvalue weighted by Gasteiger charge is -2.10. The van der Waals surface area contributed by atoms with Gasteiger partial charge in [0, 0.05) is 28.2 Å². The number of anilines is 3. The van der Waals surface area contributed by atoms with Crippen molar-refractivity contribution in [1.29, 1.82) is 0 Å². The minimum atomic E-state index is -0.245. The summed E-state index contributed by atoms with van der Waals surface area (Å²) < 4.78 is 0. The van der Waals surface area contributed by atoms with Crippen molar-refractivity contribution in [3.05, 3.63) is 82.5 Å². The van der Waals surface area contributed by atoms with E-state index in [9.17, 15) is 9.59 Å². The van der Waals surface area contributed by atoms with Crippen LogP contribution in [0.4, 0.5) is 17.2 Å². The summed E-state index contributed by atoms with van der Waals surface area (Å²) >= 11 is 5.93. The van der Waals surface area contributed by atoms with Crippen molar-refractivity contribution in [2.45, 2.75) is 13.8 Å². The smallest absolute Gasteiger partial charge is 0.257 e. The first-order valence-electron chi connectivity index (χ1n) is 8.34. The number of aromatic nitrogens is 1. The number of hydrogen-bond donors (Lipinski definition) is 2. The molecule has 0 fully saturated rings. The quantitative estimate of drug-likeness (QED) is 0.594. The molecule has 2 aromatic carbocycles. The molecule has 0 unspecified atom stereocenters. The summed E-state index contributed by atoms with van der Waals surface area (Å²) in [5.41, 5.74) is 3.50. The van der Waals surface area contributed by atoms with Gasteiger partial charge < -0.3 is 10.6 Å². The van der Waals surface area contributed by atoms with Crippen molar-refractivity contribution >= 4 is 40.5 Å². The van der Waals surface area contributed by atoms with Crippen molar-refractivity contribution in [3.8, 4) is 0 Å². The van der Waals surface area contributed by atoms with E-state index in [1.807, 2.05) is 19.1 Å². The molecule has 0 spiro atoms. The van der Waals surface area contributed by atoms with Crippen LogP contribution < -0.4 is 10.6 Å². The Morgan fingerprint density at radius 2 is 1.67 bits per heavy atom. The van der Waals surface area contributed by atoms with Gasteiger partial charge in [-0.25, -0.2) is 4.98 Å². The summed E-state index contributed by atoms with van der Waals surface area (Å²) in [4.78, 5) is 28.0. The molecule has 0 aliphatic carbocycles. The Hall–Kier alpha value is -3.18. The number of hydrogen-bond acceptors (Lipinski definition) is 4. The number of amides is 1. The highest BCUT2D eigenvalue weighted by molar-refractivity contribution is 6.30. The molecular weight excluding hydrogens is 362 g/mol. The maximum Gasteiger partial charge on any atom is 0.257 e. The van der Waals surface area contributed by atoms with Crippen LogP contribution >= 0.6 is 11.6 Å². The highest BCUT2D eigenvalue weighted by atomic mass is 35.5. The van der Waals surface area contributed by atoms with Gasteiger partial charge in [-0.2, -0.15) is 0 Å². The molecule has 0 aliphatic heterocycles. The first-order valence-corrected chi connectivity index (χ1v) is 8.72. The zero-order valence-electron chi connectivity index (χ0n) is 14.9. The molecule has 6 heteroatoms. The van der Waals surface area contributed by atoms with Crippen LogP contribution in [0.3, 0.4) is 0 Å². The molecular formula is C21H18ClN3O2. The maximum atomic E-state index is 12.4. The third-order valence-corrected chi connectivity index (χ3v) is 4.26. The molecule has 3 rings (SSSR count). The van der Waals surface area contributed by atoms with Gasteiger partial charge in [0.05, 0.1) is 5.56 Å². The fourth-order valence-electron chi connectivity index (χ4n) is 2.50. The number of carbonyl (C=O) groups is 2. The number of pyridine rings is 1. The van der Waals surface area contributed by atoms with Crippen LogP contribution in [0.2, 0.25) is 5.02 Å². The summed E-state index contributed by atoms with van der Waals surface area (Å²) in [6, 6.07) is 15.8. The van der Waals surface area contributed by atoms with Crippen molar-refractivity contribution in [2.75, 3.05) is 10.6 Å². The monoisotopic (exact) mass is 379 g/mol. The number of ketones is 1. The number of nitrogens with zero attached hydrogens (tertiary/aromatic N) is 1. The van der Waals surface area contributed by atoms with Gasteiger partial charge >= 0.3 is 0 Å². The van der Waals surface area contributed by atoms with E-state index in [1.54, 1.807) is 42.5 Å². The lowest BCUT2D eigenvalue weighted by Crippen LogP contribution is -2.13. The van der Waals surface area contributed by atoms with E-state index in [1.165, 1.54) is 13.1 Å². The third kappa shape index (κ3) is 4.71. The van der Waals surface area contributed by atoms with Crippen LogP contribution in [0.5, 0.6) is 0 Å². The van der Waals surface area contributed by atoms with Gasteiger partial charge in [-0.05, 0) is 74.0 Å². The summed E-state index contributed by atoms with van der Waals surface area (Å²) in [5, 5.41) is 6.61. The number of rotatable bonds is 5. The van der Waals surface area contributed by atoms with Crippen LogP contribution in [0, 0.1) is 6.92 Å². The average molecular weight is 380 g/mol. The zero-order chi connectivity index (χ0) is 19.4. The Morgan fingerprint density at radius 1 is 0.963 bits per heavy atom. The molecule has 1 amide bonds. The molecule has 0 saturated carbocycles. The molecule has 0 bridgehead atoms. The van der Waals surface area contributed by atoms with E-state index in [0.717, 1.165) is 11.3 Å². The predicted octanol–water partition coefficient (Wildman–Crippen LogP) is 5.24. The first kappa shape index (κ1) is 18.6. The molecule has 5 nitrogen and oxygen atoms in total. The van der Waals surface area contributed by atoms with Crippen LogP contribution in [0.15, 0.2) is 60.8 Å². The van der Waals surface area contributed by atoms with Gasteiger partial charge in [0.25, 0.3) is 5.91 Å². The molecule has 27 heavy (non-hydrogen) atoms. The van der Waals surface area contributed by atoms with E-state index in [2.05, 4.69) is 15.6 Å². The predicted molar refractivity (Wildman–Crippen MR) is 108 cm³/mol. The number of halogens is 1. The standard InChI is InChI=1S/C21H18ClN3O2/c1-13-11-17(22)6-9-19(13)25-21(27)16-5-10-20(23-12-16)24-18-7-3-15(4-8-18)14(2)26/h3-12H,1-2H3,(H,23,24)(H,25,27). The van der Waals surface area contributed by atoms with Crippen LogP contribution in [-0.4, -0.2) is 16.7 Å². The second kappa shape index (κ2) is 8.01. The first-order chi connectivity index (χ1) is 12.9. The molecule has 0 radical (unpaired) electrons. The van der Waals surface area contributed by atoms with Crippen molar-refractivity contribution in [2.24, 2.45) is 0 Å². The van der Waals surface area contributed by atoms with Crippen LogP contribution in [0.25, 0.3) is 0 Å². The summed E-state index contributed by atoms with van der Waals surface area (Å²) in [5.74, 6) is 0.376. The van der Waals surface area contributed by atoms with E-state index in [0.29, 0.717) is 27.7 Å². The molecule has 0 aliphatic rings. The van der Waals surface area contributed by atoms with E-state index in [-0.39, 0.29) is 11.7 Å². The van der Waals surface area contributed by atoms with E-state index in [4.69, 9.17) is 11.6 Å².